The van der Waals surface area contributed by atoms with Gasteiger partial charge in [-0.05, 0) is 48.0 Å². The van der Waals surface area contributed by atoms with Gasteiger partial charge in [0.15, 0.2) is 0 Å². The van der Waals surface area contributed by atoms with Crippen LogP contribution in [0.5, 0.6) is 0 Å². The first kappa shape index (κ1) is 12.8. The minimum absolute atomic E-state index is 0.383. The zero-order valence-corrected chi connectivity index (χ0v) is 11.5. The molecule has 3 heteroatoms. The first-order valence-electron chi connectivity index (χ1n) is 5.16. The fourth-order valence-corrected chi connectivity index (χ4v) is 2.81. The number of rotatable bonds is 5. The fraction of sp³-hybridized carbons (Fsp3) is 0.500. The molecule has 0 spiro atoms. The van der Waals surface area contributed by atoms with E-state index in [0.29, 0.717) is 6.04 Å². The van der Waals surface area contributed by atoms with Gasteiger partial charge >= 0.3 is 0 Å². The molecule has 1 aromatic rings. The SMILES string of the molecule is CC#CCC(NCCC)c1ccc(Br)s1. The van der Waals surface area contributed by atoms with E-state index in [-0.39, 0.29) is 0 Å². The van der Waals surface area contributed by atoms with Gasteiger partial charge in [-0.1, -0.05) is 6.92 Å². The summed E-state index contributed by atoms with van der Waals surface area (Å²) in [4.78, 5) is 1.36. The molecule has 1 rings (SSSR count). The highest BCUT2D eigenvalue weighted by atomic mass is 79.9. The summed E-state index contributed by atoms with van der Waals surface area (Å²) in [5.74, 6) is 6.10. The average Bonchev–Trinajstić information content (AvgIpc) is 2.65. The molecule has 1 heterocycles. The van der Waals surface area contributed by atoms with Gasteiger partial charge in [0, 0.05) is 11.3 Å². The summed E-state index contributed by atoms with van der Waals surface area (Å²) < 4.78 is 1.19. The van der Waals surface area contributed by atoms with E-state index in [1.165, 1.54) is 8.66 Å². The molecule has 82 valence electrons. The van der Waals surface area contributed by atoms with Crippen LogP contribution >= 0.6 is 27.3 Å². The van der Waals surface area contributed by atoms with Crippen molar-refractivity contribution < 1.29 is 0 Å². The monoisotopic (exact) mass is 285 g/mol. The summed E-state index contributed by atoms with van der Waals surface area (Å²) in [5.41, 5.74) is 0. The molecule has 0 aliphatic rings. The van der Waals surface area contributed by atoms with Gasteiger partial charge in [0.2, 0.25) is 0 Å². The standard InChI is InChI=1S/C12H16BrNS/c1-3-5-6-10(14-9-4-2)11-7-8-12(13)15-11/h7-8,10,14H,4,6,9H2,1-2H3. The molecular weight excluding hydrogens is 270 g/mol. The van der Waals surface area contributed by atoms with Crippen LogP contribution in [0.4, 0.5) is 0 Å². The van der Waals surface area contributed by atoms with Crippen LogP contribution < -0.4 is 5.32 Å². The van der Waals surface area contributed by atoms with Crippen molar-refractivity contribution in [2.24, 2.45) is 0 Å². The van der Waals surface area contributed by atoms with E-state index in [0.717, 1.165) is 19.4 Å². The Kier molecular flexibility index (Phi) is 6.00. The van der Waals surface area contributed by atoms with Gasteiger partial charge in [-0.25, -0.2) is 0 Å². The molecule has 1 nitrogen and oxygen atoms in total. The maximum absolute atomic E-state index is 3.52. The topological polar surface area (TPSA) is 12.0 Å². The zero-order valence-electron chi connectivity index (χ0n) is 9.14. The molecule has 1 unspecified atom stereocenters. The van der Waals surface area contributed by atoms with Crippen LogP contribution in [0, 0.1) is 11.8 Å². The van der Waals surface area contributed by atoms with Crippen molar-refractivity contribution in [3.63, 3.8) is 0 Å². The van der Waals surface area contributed by atoms with Crippen molar-refractivity contribution in [1.29, 1.82) is 0 Å². The van der Waals surface area contributed by atoms with Gasteiger partial charge in [0.25, 0.3) is 0 Å². The second kappa shape index (κ2) is 7.05. The first-order chi connectivity index (χ1) is 7.27. The van der Waals surface area contributed by atoms with Crippen molar-refractivity contribution in [3.05, 3.63) is 20.8 Å². The second-order valence-electron chi connectivity index (χ2n) is 3.28. The maximum Gasteiger partial charge on any atom is 0.0701 e. The lowest BCUT2D eigenvalue weighted by Crippen LogP contribution is -2.20. The molecule has 0 aromatic carbocycles. The number of hydrogen-bond acceptors (Lipinski definition) is 2. The third-order valence-corrected chi connectivity index (χ3v) is 3.80. The van der Waals surface area contributed by atoms with Crippen molar-refractivity contribution in [3.8, 4) is 11.8 Å². The lowest BCUT2D eigenvalue weighted by molar-refractivity contribution is 0.550. The summed E-state index contributed by atoms with van der Waals surface area (Å²) in [6.45, 7) is 5.12. The zero-order chi connectivity index (χ0) is 11.1. The first-order valence-corrected chi connectivity index (χ1v) is 6.77. The molecule has 0 radical (unpaired) electrons. The van der Waals surface area contributed by atoms with Crippen LogP contribution in [0.2, 0.25) is 0 Å². The number of nitrogens with one attached hydrogen (secondary N) is 1. The van der Waals surface area contributed by atoms with E-state index >= 15 is 0 Å². The molecule has 1 aromatic heterocycles. The maximum atomic E-state index is 3.52. The second-order valence-corrected chi connectivity index (χ2v) is 5.77. The van der Waals surface area contributed by atoms with Gasteiger partial charge in [0.05, 0.1) is 9.83 Å². The summed E-state index contributed by atoms with van der Waals surface area (Å²) in [7, 11) is 0. The molecule has 1 N–H and O–H groups in total. The quantitative estimate of drug-likeness (QED) is 0.808. The van der Waals surface area contributed by atoms with E-state index in [1.54, 1.807) is 11.3 Å². The summed E-state index contributed by atoms with van der Waals surface area (Å²) >= 11 is 5.27. The summed E-state index contributed by atoms with van der Waals surface area (Å²) in [6, 6.07) is 4.65. The molecule has 0 aliphatic carbocycles. The predicted molar refractivity (Wildman–Crippen MR) is 71.1 cm³/mol. The number of thiophene rings is 1. The smallest absolute Gasteiger partial charge is 0.0701 e. The highest BCUT2D eigenvalue weighted by molar-refractivity contribution is 9.11. The molecule has 0 bridgehead atoms. The van der Waals surface area contributed by atoms with E-state index in [1.807, 2.05) is 6.92 Å². The minimum atomic E-state index is 0.383. The molecule has 0 saturated carbocycles. The van der Waals surface area contributed by atoms with Crippen LogP contribution in [0.25, 0.3) is 0 Å². The van der Waals surface area contributed by atoms with Crippen LogP contribution in [-0.4, -0.2) is 6.54 Å². The Labute approximate surface area is 104 Å². The van der Waals surface area contributed by atoms with E-state index in [4.69, 9.17) is 0 Å². The third kappa shape index (κ3) is 4.38. The Morgan fingerprint density at radius 3 is 2.87 bits per heavy atom. The van der Waals surface area contributed by atoms with Gasteiger partial charge in [-0.2, -0.15) is 0 Å². The van der Waals surface area contributed by atoms with Crippen LogP contribution in [0.1, 0.15) is 37.6 Å². The van der Waals surface area contributed by atoms with E-state index in [9.17, 15) is 0 Å². The van der Waals surface area contributed by atoms with Crippen LogP contribution in [0.15, 0.2) is 15.9 Å². The van der Waals surface area contributed by atoms with Gasteiger partial charge in [-0.3, -0.25) is 0 Å². The molecule has 15 heavy (non-hydrogen) atoms. The largest absolute Gasteiger partial charge is 0.308 e. The Bertz CT molecular complexity index is 348. The van der Waals surface area contributed by atoms with E-state index in [2.05, 4.69) is 52.1 Å². The predicted octanol–water partition coefficient (Wildman–Crippen LogP) is 3.96. The Balaban J connectivity index is 2.65. The molecule has 0 saturated heterocycles. The van der Waals surface area contributed by atoms with Crippen molar-refractivity contribution in [2.45, 2.75) is 32.7 Å². The van der Waals surface area contributed by atoms with Gasteiger partial charge < -0.3 is 5.32 Å². The summed E-state index contributed by atoms with van der Waals surface area (Å²) in [5, 5.41) is 3.52. The number of halogens is 1. The third-order valence-electron chi connectivity index (χ3n) is 2.06. The lowest BCUT2D eigenvalue weighted by Gasteiger charge is -2.13. The van der Waals surface area contributed by atoms with Crippen molar-refractivity contribution in [2.75, 3.05) is 6.54 Å². The lowest BCUT2D eigenvalue weighted by atomic mass is 10.1. The van der Waals surface area contributed by atoms with Crippen LogP contribution in [0.3, 0.4) is 0 Å². The highest BCUT2D eigenvalue weighted by Gasteiger charge is 2.11. The van der Waals surface area contributed by atoms with Crippen molar-refractivity contribution in [1.82, 2.24) is 5.32 Å². The highest BCUT2D eigenvalue weighted by Crippen LogP contribution is 2.28. The summed E-state index contributed by atoms with van der Waals surface area (Å²) in [6.07, 6.45) is 2.05. The van der Waals surface area contributed by atoms with Crippen LogP contribution in [-0.2, 0) is 0 Å². The van der Waals surface area contributed by atoms with Crippen molar-refractivity contribution >= 4 is 27.3 Å². The van der Waals surface area contributed by atoms with Gasteiger partial charge in [0.1, 0.15) is 0 Å². The average molecular weight is 286 g/mol. The fourth-order valence-electron chi connectivity index (χ4n) is 1.31. The Hall–Kier alpha value is -0.300. The molecule has 0 fully saturated rings. The van der Waals surface area contributed by atoms with E-state index < -0.39 is 0 Å². The number of hydrogen-bond donors (Lipinski definition) is 1. The van der Waals surface area contributed by atoms with Gasteiger partial charge in [-0.15, -0.1) is 23.2 Å². The normalized spacial score (nSPS) is 11.9. The Morgan fingerprint density at radius 2 is 2.33 bits per heavy atom. The minimum Gasteiger partial charge on any atom is -0.308 e. The molecule has 1 atom stereocenters. The Morgan fingerprint density at radius 1 is 1.53 bits per heavy atom. The molecular formula is C12H16BrNS. The molecule has 0 aliphatic heterocycles. The molecule has 0 amide bonds.